The van der Waals surface area contributed by atoms with Crippen molar-refractivity contribution in [3.05, 3.63) is 99.5 Å². The molecule has 2 aromatic carbocycles. The molecule has 2 aliphatic rings. The quantitative estimate of drug-likeness (QED) is 0.464. The minimum atomic E-state index is -0.293. The van der Waals surface area contributed by atoms with Gasteiger partial charge in [-0.05, 0) is 54.7 Å². The van der Waals surface area contributed by atoms with Crippen LogP contribution in [0.25, 0.3) is 0 Å². The van der Waals surface area contributed by atoms with Gasteiger partial charge < -0.3 is 0 Å². The Kier molecular flexibility index (Phi) is 5.07. The summed E-state index contributed by atoms with van der Waals surface area (Å²) in [4.78, 5) is 6.98. The van der Waals surface area contributed by atoms with Crippen LogP contribution in [-0.4, -0.2) is 22.0 Å². The van der Waals surface area contributed by atoms with E-state index in [9.17, 15) is 4.39 Å². The first-order valence-electron chi connectivity index (χ1n) is 10.0. The van der Waals surface area contributed by atoms with Gasteiger partial charge in [-0.2, -0.15) is 0 Å². The Bertz CT molecular complexity index is 978. The van der Waals surface area contributed by atoms with E-state index in [1.54, 1.807) is 0 Å². The van der Waals surface area contributed by atoms with E-state index in [0.717, 1.165) is 46.1 Å². The van der Waals surface area contributed by atoms with E-state index in [1.165, 1.54) is 12.3 Å². The zero-order valence-electron chi connectivity index (χ0n) is 15.8. The van der Waals surface area contributed by atoms with Gasteiger partial charge in [0.05, 0.1) is 12.2 Å². The lowest BCUT2D eigenvalue weighted by Crippen LogP contribution is -2.35. The largest absolute Gasteiger partial charge is 0.286 e. The lowest BCUT2D eigenvalue weighted by atomic mass is 9.86. The summed E-state index contributed by atoms with van der Waals surface area (Å²) in [5.41, 5.74) is 3.12. The van der Waals surface area contributed by atoms with Gasteiger partial charge >= 0.3 is 0 Å². The van der Waals surface area contributed by atoms with Gasteiger partial charge in [-0.25, -0.2) is 4.39 Å². The minimum Gasteiger partial charge on any atom is -0.286 e. The Labute approximate surface area is 180 Å². The molecule has 0 radical (unpaired) electrons. The lowest BCUT2D eigenvalue weighted by molar-refractivity contribution is 0.199. The average molecular weight is 427 g/mol. The van der Waals surface area contributed by atoms with E-state index >= 15 is 0 Å². The van der Waals surface area contributed by atoms with Crippen molar-refractivity contribution in [1.29, 1.82) is 0 Å². The summed E-state index contributed by atoms with van der Waals surface area (Å²) in [6.45, 7) is 0. The molecule has 3 unspecified atom stereocenters. The third-order valence-corrected chi connectivity index (χ3v) is 7.11. The predicted molar refractivity (Wildman–Crippen MR) is 115 cm³/mol. The highest BCUT2D eigenvalue weighted by atomic mass is 35.5. The second kappa shape index (κ2) is 7.71. The molecule has 3 heterocycles. The Hall–Kier alpha value is -1.94. The van der Waals surface area contributed by atoms with Crippen molar-refractivity contribution in [2.75, 3.05) is 0 Å². The number of rotatable bonds is 4. The van der Waals surface area contributed by atoms with Gasteiger partial charge in [-0.1, -0.05) is 59.6 Å². The maximum Gasteiger partial charge on any atom is 0.141 e. The molecular formula is C24H21Cl2FN2. The van der Waals surface area contributed by atoms with Crippen LogP contribution in [0.4, 0.5) is 4.39 Å². The lowest BCUT2D eigenvalue weighted by Gasteiger charge is -2.34. The molecule has 1 aromatic heterocycles. The molecule has 2 bridgehead atoms. The van der Waals surface area contributed by atoms with Gasteiger partial charge in [-0.3, -0.25) is 9.88 Å². The molecule has 2 saturated heterocycles. The van der Waals surface area contributed by atoms with E-state index in [2.05, 4.69) is 22.0 Å². The standard InChI is InChI=1S/C24H21Cl2FN2/c25-20-7-3-1-5-17(20)24(18-6-2-4-8-21(18)26)29-16-10-12-23(29)19(13-16)22-11-9-15(27)14-28-22/h1-9,11,14,16,19,23-24H,10,12-13H2. The summed E-state index contributed by atoms with van der Waals surface area (Å²) in [6.07, 6.45) is 4.59. The average Bonchev–Trinajstić information content (AvgIpc) is 3.29. The van der Waals surface area contributed by atoms with Gasteiger partial charge in [0.15, 0.2) is 0 Å². The predicted octanol–water partition coefficient (Wildman–Crippen LogP) is 6.64. The molecular weight excluding hydrogens is 406 g/mol. The maximum atomic E-state index is 13.4. The van der Waals surface area contributed by atoms with Crippen molar-refractivity contribution >= 4 is 23.2 Å². The highest BCUT2D eigenvalue weighted by Crippen LogP contribution is 2.52. The first-order valence-corrected chi connectivity index (χ1v) is 10.8. The molecule has 29 heavy (non-hydrogen) atoms. The van der Waals surface area contributed by atoms with Crippen molar-refractivity contribution < 1.29 is 4.39 Å². The Morgan fingerprint density at radius 1 is 0.897 bits per heavy atom. The maximum absolute atomic E-state index is 13.4. The first kappa shape index (κ1) is 19.0. The van der Waals surface area contributed by atoms with E-state index in [-0.39, 0.29) is 11.9 Å². The second-order valence-electron chi connectivity index (χ2n) is 7.93. The zero-order valence-corrected chi connectivity index (χ0v) is 17.3. The Balaban J connectivity index is 1.59. The summed E-state index contributed by atoms with van der Waals surface area (Å²) in [6, 6.07) is 20.1. The summed E-state index contributed by atoms with van der Waals surface area (Å²) < 4.78 is 13.4. The topological polar surface area (TPSA) is 16.1 Å². The molecule has 5 rings (SSSR count). The van der Waals surface area contributed by atoms with E-state index < -0.39 is 0 Å². The number of hydrogen-bond acceptors (Lipinski definition) is 2. The third kappa shape index (κ3) is 3.35. The van der Waals surface area contributed by atoms with Crippen LogP contribution in [0.5, 0.6) is 0 Å². The Morgan fingerprint density at radius 2 is 1.55 bits per heavy atom. The van der Waals surface area contributed by atoms with Crippen LogP contribution >= 0.6 is 23.2 Å². The minimum absolute atomic E-state index is 0.0136. The number of aromatic nitrogens is 1. The van der Waals surface area contributed by atoms with Gasteiger partial charge in [0, 0.05) is 33.7 Å². The monoisotopic (exact) mass is 426 g/mol. The van der Waals surface area contributed by atoms with Crippen molar-refractivity contribution in [3.63, 3.8) is 0 Å². The zero-order chi connectivity index (χ0) is 20.0. The van der Waals surface area contributed by atoms with Gasteiger partial charge in [0.25, 0.3) is 0 Å². The summed E-state index contributed by atoms with van der Waals surface area (Å²) in [7, 11) is 0. The fourth-order valence-electron chi connectivity index (χ4n) is 5.24. The molecule has 3 atom stereocenters. The number of pyridine rings is 1. The van der Waals surface area contributed by atoms with Crippen LogP contribution in [0.3, 0.4) is 0 Å². The van der Waals surface area contributed by atoms with Crippen LogP contribution in [-0.2, 0) is 0 Å². The fourth-order valence-corrected chi connectivity index (χ4v) is 5.72. The van der Waals surface area contributed by atoms with Gasteiger partial charge in [0.2, 0.25) is 0 Å². The highest BCUT2D eigenvalue weighted by Gasteiger charge is 2.50. The second-order valence-corrected chi connectivity index (χ2v) is 8.75. The Morgan fingerprint density at radius 3 is 2.14 bits per heavy atom. The number of halogens is 3. The molecule has 0 saturated carbocycles. The van der Waals surface area contributed by atoms with E-state index in [1.807, 2.05) is 42.5 Å². The molecule has 2 fully saturated rings. The number of fused-ring (bicyclic) bond motifs is 2. The molecule has 2 aliphatic heterocycles. The molecule has 2 nitrogen and oxygen atoms in total. The fraction of sp³-hybridized carbons (Fsp3) is 0.292. The molecule has 148 valence electrons. The van der Waals surface area contributed by atoms with E-state index in [0.29, 0.717) is 18.0 Å². The first-order chi connectivity index (χ1) is 14.1. The van der Waals surface area contributed by atoms with Crippen LogP contribution in [0.1, 0.15) is 48.0 Å². The SMILES string of the molecule is Fc1ccc(C2CC3CCC2N3C(c2ccccc2Cl)c2ccccc2Cl)nc1. The van der Waals surface area contributed by atoms with Crippen LogP contribution in [0, 0.1) is 5.82 Å². The van der Waals surface area contributed by atoms with Crippen molar-refractivity contribution in [3.8, 4) is 0 Å². The van der Waals surface area contributed by atoms with Crippen molar-refractivity contribution in [1.82, 2.24) is 9.88 Å². The smallest absolute Gasteiger partial charge is 0.141 e. The highest BCUT2D eigenvalue weighted by molar-refractivity contribution is 6.32. The molecule has 0 aliphatic carbocycles. The van der Waals surface area contributed by atoms with Crippen molar-refractivity contribution in [2.45, 2.75) is 43.3 Å². The normalized spacial score (nSPS) is 23.8. The summed E-state index contributed by atoms with van der Waals surface area (Å²) in [5, 5.41) is 1.50. The third-order valence-electron chi connectivity index (χ3n) is 6.42. The van der Waals surface area contributed by atoms with Crippen LogP contribution < -0.4 is 0 Å². The van der Waals surface area contributed by atoms with Gasteiger partial charge in [-0.15, -0.1) is 0 Å². The number of benzene rings is 2. The van der Waals surface area contributed by atoms with Gasteiger partial charge in [0.1, 0.15) is 5.82 Å². The summed E-state index contributed by atoms with van der Waals surface area (Å²) in [5.74, 6) is 0.000555. The van der Waals surface area contributed by atoms with Crippen LogP contribution in [0.2, 0.25) is 10.0 Å². The molecule has 5 heteroatoms. The molecule has 0 amide bonds. The van der Waals surface area contributed by atoms with Crippen molar-refractivity contribution in [2.24, 2.45) is 0 Å². The number of nitrogens with zero attached hydrogens (tertiary/aromatic N) is 2. The molecule has 0 N–H and O–H groups in total. The molecule has 3 aromatic rings. The summed E-state index contributed by atoms with van der Waals surface area (Å²) >= 11 is 13.3. The number of hydrogen-bond donors (Lipinski definition) is 0. The van der Waals surface area contributed by atoms with E-state index in [4.69, 9.17) is 23.2 Å². The van der Waals surface area contributed by atoms with Crippen LogP contribution in [0.15, 0.2) is 66.9 Å². The molecule has 0 spiro atoms.